The van der Waals surface area contributed by atoms with Crippen LogP contribution in [0.4, 0.5) is 20.3 Å². The Labute approximate surface area is 192 Å². The summed E-state index contributed by atoms with van der Waals surface area (Å²) in [5.41, 5.74) is 3.55. The lowest BCUT2D eigenvalue weighted by atomic mass is 10.00. The topological polar surface area (TPSA) is 119 Å². The van der Waals surface area contributed by atoms with Gasteiger partial charge in [-0.15, -0.1) is 10.2 Å². The van der Waals surface area contributed by atoms with Crippen LogP contribution in [0.1, 0.15) is 60.3 Å². The van der Waals surface area contributed by atoms with Gasteiger partial charge in [-0.05, 0) is 30.4 Å². The molecule has 0 spiro atoms. The van der Waals surface area contributed by atoms with Crippen molar-refractivity contribution in [3.8, 4) is 11.5 Å². The minimum absolute atomic E-state index is 0.0102. The molecule has 176 valence electrons. The van der Waals surface area contributed by atoms with Crippen molar-refractivity contribution in [2.24, 2.45) is 0 Å². The summed E-state index contributed by atoms with van der Waals surface area (Å²) in [5.74, 6) is -1.24. The first-order valence-electron chi connectivity index (χ1n) is 10.7. The van der Waals surface area contributed by atoms with Crippen molar-refractivity contribution in [3.63, 3.8) is 0 Å². The number of nitrogens with zero attached hydrogens (tertiary/aromatic N) is 5. The van der Waals surface area contributed by atoms with Crippen LogP contribution in [0.3, 0.4) is 0 Å². The molecule has 5 rings (SSSR count). The number of carbonyl (C=O) groups excluding carboxylic acids is 1. The van der Waals surface area contributed by atoms with Crippen LogP contribution in [-0.2, 0) is 4.84 Å². The van der Waals surface area contributed by atoms with Gasteiger partial charge in [0, 0.05) is 18.2 Å². The maximum atomic E-state index is 14.6. The van der Waals surface area contributed by atoms with Crippen LogP contribution < -0.4 is 10.8 Å². The standard InChI is InChI=1S/C22H21F2N7O3/c1-10(2)17-13(22-29-28-21(34-22)11-4-5-11)8-31-18(17)19(25-9-26-31)27-16-6-12(20(32)30-33-3)14(23)7-15(16)24/h6-11H,4-5H2,1-3H3,(H,30,32)(H,25,26,27). The van der Waals surface area contributed by atoms with E-state index < -0.39 is 23.1 Å². The van der Waals surface area contributed by atoms with Gasteiger partial charge in [0.1, 0.15) is 23.5 Å². The molecule has 4 aromatic rings. The number of hydroxylamine groups is 1. The molecule has 1 amide bonds. The predicted octanol–water partition coefficient (Wildman–Crippen LogP) is 4.09. The smallest absolute Gasteiger partial charge is 0.277 e. The molecule has 1 saturated carbocycles. The first-order chi connectivity index (χ1) is 16.4. The van der Waals surface area contributed by atoms with E-state index in [2.05, 4.69) is 30.4 Å². The Morgan fingerprint density at radius 3 is 2.74 bits per heavy atom. The molecule has 1 aromatic carbocycles. The molecular weight excluding hydrogens is 448 g/mol. The minimum Gasteiger partial charge on any atom is -0.420 e. The average Bonchev–Trinajstić information content (AvgIpc) is 3.38. The number of fused-ring (bicyclic) bond motifs is 1. The second kappa shape index (κ2) is 8.45. The fraction of sp³-hybridized carbons (Fsp3) is 0.318. The summed E-state index contributed by atoms with van der Waals surface area (Å²) in [7, 11) is 1.21. The molecule has 1 aliphatic carbocycles. The zero-order valence-corrected chi connectivity index (χ0v) is 18.6. The van der Waals surface area contributed by atoms with Crippen molar-refractivity contribution in [2.45, 2.75) is 38.5 Å². The second-order valence-corrected chi connectivity index (χ2v) is 8.30. The highest BCUT2D eigenvalue weighted by Gasteiger charge is 2.31. The van der Waals surface area contributed by atoms with Crippen molar-refractivity contribution in [1.82, 2.24) is 30.3 Å². The van der Waals surface area contributed by atoms with E-state index in [0.29, 0.717) is 34.8 Å². The van der Waals surface area contributed by atoms with Crippen LogP contribution in [-0.4, -0.2) is 37.8 Å². The van der Waals surface area contributed by atoms with E-state index in [1.165, 1.54) is 13.4 Å². The van der Waals surface area contributed by atoms with Gasteiger partial charge in [0.2, 0.25) is 11.8 Å². The molecule has 0 radical (unpaired) electrons. The normalized spacial score (nSPS) is 13.6. The van der Waals surface area contributed by atoms with E-state index in [-0.39, 0.29) is 17.4 Å². The van der Waals surface area contributed by atoms with E-state index >= 15 is 0 Å². The molecule has 3 aromatic heterocycles. The second-order valence-electron chi connectivity index (χ2n) is 8.30. The summed E-state index contributed by atoms with van der Waals surface area (Å²) in [6, 6.07) is 1.67. The number of aromatic nitrogens is 5. The number of rotatable bonds is 7. The van der Waals surface area contributed by atoms with Crippen LogP contribution in [0.15, 0.2) is 29.1 Å². The zero-order valence-electron chi connectivity index (χ0n) is 18.6. The largest absolute Gasteiger partial charge is 0.420 e. The quantitative estimate of drug-likeness (QED) is 0.389. The molecule has 0 saturated heterocycles. The lowest BCUT2D eigenvalue weighted by Gasteiger charge is -2.13. The molecule has 1 aliphatic rings. The zero-order chi connectivity index (χ0) is 24.0. The van der Waals surface area contributed by atoms with Crippen LogP contribution in [0.25, 0.3) is 17.0 Å². The predicted molar refractivity (Wildman–Crippen MR) is 116 cm³/mol. The minimum atomic E-state index is -1.03. The summed E-state index contributed by atoms with van der Waals surface area (Å²) < 4.78 is 36.3. The van der Waals surface area contributed by atoms with Gasteiger partial charge in [-0.1, -0.05) is 13.8 Å². The SMILES string of the molecule is CONC(=O)c1cc(Nc2ncnn3cc(-c4nnc(C5CC5)o4)c(C(C)C)c23)c(F)cc1F. The van der Waals surface area contributed by atoms with Crippen LogP contribution in [0, 0.1) is 11.6 Å². The van der Waals surface area contributed by atoms with E-state index in [0.717, 1.165) is 24.5 Å². The van der Waals surface area contributed by atoms with Crippen LogP contribution in [0.2, 0.25) is 0 Å². The van der Waals surface area contributed by atoms with Crippen molar-refractivity contribution < 1.29 is 22.8 Å². The molecule has 10 nitrogen and oxygen atoms in total. The van der Waals surface area contributed by atoms with Crippen LogP contribution in [0.5, 0.6) is 0 Å². The Bertz CT molecular complexity index is 1390. The van der Waals surface area contributed by atoms with Gasteiger partial charge in [-0.3, -0.25) is 9.63 Å². The van der Waals surface area contributed by atoms with E-state index in [1.54, 1.807) is 10.7 Å². The molecule has 0 atom stereocenters. The highest BCUT2D eigenvalue weighted by molar-refractivity contribution is 5.95. The molecule has 12 heteroatoms. The number of hydrogen-bond donors (Lipinski definition) is 2. The van der Waals surface area contributed by atoms with Gasteiger partial charge in [0.25, 0.3) is 5.91 Å². The number of amides is 1. The molecular formula is C22H21F2N7O3. The Morgan fingerprint density at radius 2 is 2.03 bits per heavy atom. The number of anilines is 2. The maximum absolute atomic E-state index is 14.6. The molecule has 3 heterocycles. The fourth-order valence-electron chi connectivity index (χ4n) is 3.81. The Kier molecular flexibility index (Phi) is 5.44. The molecule has 0 bridgehead atoms. The Hall–Kier alpha value is -3.93. The maximum Gasteiger partial charge on any atom is 0.277 e. The van der Waals surface area contributed by atoms with Gasteiger partial charge >= 0.3 is 0 Å². The summed E-state index contributed by atoms with van der Waals surface area (Å²) in [6.07, 6.45) is 5.11. The van der Waals surface area contributed by atoms with E-state index in [9.17, 15) is 13.6 Å². The molecule has 0 aliphatic heterocycles. The number of hydrogen-bond acceptors (Lipinski definition) is 8. The van der Waals surface area contributed by atoms with Gasteiger partial charge in [0.15, 0.2) is 5.82 Å². The van der Waals surface area contributed by atoms with Crippen molar-refractivity contribution in [3.05, 3.63) is 53.3 Å². The number of halogens is 2. The summed E-state index contributed by atoms with van der Waals surface area (Å²) >= 11 is 0. The first kappa shape index (κ1) is 21.9. The van der Waals surface area contributed by atoms with Crippen molar-refractivity contribution in [2.75, 3.05) is 12.4 Å². The summed E-state index contributed by atoms with van der Waals surface area (Å²) in [6.45, 7) is 3.97. The van der Waals surface area contributed by atoms with Crippen molar-refractivity contribution >= 4 is 22.9 Å². The van der Waals surface area contributed by atoms with E-state index in [1.807, 2.05) is 19.3 Å². The number of nitrogens with one attached hydrogen (secondary N) is 2. The third-order valence-corrected chi connectivity index (χ3v) is 5.54. The molecule has 0 unspecified atom stereocenters. The van der Waals surface area contributed by atoms with Crippen molar-refractivity contribution in [1.29, 1.82) is 0 Å². The fourth-order valence-corrected chi connectivity index (χ4v) is 3.81. The number of benzene rings is 1. The van der Waals surface area contributed by atoms with Gasteiger partial charge in [0.05, 0.1) is 23.9 Å². The average molecular weight is 469 g/mol. The highest BCUT2D eigenvalue weighted by Crippen LogP contribution is 2.42. The van der Waals surface area contributed by atoms with Gasteiger partial charge in [-0.2, -0.15) is 5.10 Å². The van der Waals surface area contributed by atoms with Crippen LogP contribution >= 0.6 is 0 Å². The number of carbonyl (C=O) groups is 1. The molecule has 34 heavy (non-hydrogen) atoms. The third-order valence-electron chi connectivity index (χ3n) is 5.54. The van der Waals surface area contributed by atoms with Gasteiger partial charge in [-0.25, -0.2) is 23.8 Å². The third kappa shape index (κ3) is 3.85. The summed E-state index contributed by atoms with van der Waals surface area (Å²) in [4.78, 5) is 20.9. The lowest BCUT2D eigenvalue weighted by molar-refractivity contribution is 0.0533. The van der Waals surface area contributed by atoms with E-state index in [4.69, 9.17) is 4.42 Å². The monoisotopic (exact) mass is 469 g/mol. The first-order valence-corrected chi connectivity index (χ1v) is 10.7. The lowest BCUT2D eigenvalue weighted by Crippen LogP contribution is -2.23. The van der Waals surface area contributed by atoms with Gasteiger partial charge < -0.3 is 9.73 Å². The Morgan fingerprint density at radius 1 is 1.24 bits per heavy atom. The summed E-state index contributed by atoms with van der Waals surface area (Å²) in [5, 5.41) is 15.5. The highest BCUT2D eigenvalue weighted by atomic mass is 19.1. The Balaban J connectivity index is 1.60. The molecule has 1 fully saturated rings. The molecule has 2 N–H and O–H groups in total.